The van der Waals surface area contributed by atoms with Crippen LogP contribution >= 0.6 is 27.3 Å². The fourth-order valence-corrected chi connectivity index (χ4v) is 3.10. The van der Waals surface area contributed by atoms with Crippen LogP contribution in [0.15, 0.2) is 40.3 Å². The molecule has 2 heterocycles. The first-order valence-electron chi connectivity index (χ1n) is 5.70. The maximum Gasteiger partial charge on any atom is 0.272 e. The molecule has 0 N–H and O–H groups in total. The number of thiophene rings is 1. The van der Waals surface area contributed by atoms with E-state index in [2.05, 4.69) is 20.9 Å². The number of hydrogen-bond acceptors (Lipinski definition) is 5. The largest absolute Gasteiger partial charge is 0.451 e. The van der Waals surface area contributed by atoms with Crippen molar-refractivity contribution in [3.05, 3.63) is 56.2 Å². The van der Waals surface area contributed by atoms with Crippen LogP contribution in [0.25, 0.3) is 10.2 Å². The highest BCUT2D eigenvalue weighted by Crippen LogP contribution is 2.39. The lowest BCUT2D eigenvalue weighted by Gasteiger charge is -2.09. The van der Waals surface area contributed by atoms with Gasteiger partial charge in [0.1, 0.15) is 0 Å². The highest BCUT2D eigenvalue weighted by atomic mass is 79.9. The Hall–Kier alpha value is -2.06. The molecule has 0 spiro atoms. The van der Waals surface area contributed by atoms with Crippen LogP contribution in [-0.2, 0) is 0 Å². The first-order chi connectivity index (χ1) is 10.1. The number of hydrogen-bond donors (Lipinski definition) is 0. The minimum absolute atomic E-state index is 0.0813. The third-order valence-corrected chi connectivity index (χ3v) is 4.19. The van der Waals surface area contributed by atoms with Crippen molar-refractivity contribution in [2.75, 3.05) is 0 Å². The molecule has 0 aliphatic heterocycles. The lowest BCUT2D eigenvalue weighted by Crippen LogP contribution is -1.93. The van der Waals surface area contributed by atoms with Gasteiger partial charge in [0, 0.05) is 12.3 Å². The van der Waals surface area contributed by atoms with Crippen molar-refractivity contribution >= 4 is 43.2 Å². The van der Waals surface area contributed by atoms with Gasteiger partial charge in [-0.05, 0) is 33.4 Å². The summed E-state index contributed by atoms with van der Waals surface area (Å²) in [5.41, 5.74) is 0.412. The Morgan fingerprint density at radius 2 is 2.19 bits per heavy atom. The number of aromatic nitrogens is 1. The Kier molecular flexibility index (Phi) is 3.56. The van der Waals surface area contributed by atoms with E-state index in [0.29, 0.717) is 10.2 Å². The van der Waals surface area contributed by atoms with E-state index >= 15 is 0 Å². The number of non-ortho nitro benzene ring substituents is 1. The minimum atomic E-state index is -0.794. The van der Waals surface area contributed by atoms with Gasteiger partial charge in [0.15, 0.2) is 17.3 Å². The van der Waals surface area contributed by atoms with Crippen molar-refractivity contribution in [3.63, 3.8) is 0 Å². The lowest BCUT2D eigenvalue weighted by atomic mass is 10.3. The van der Waals surface area contributed by atoms with E-state index in [1.165, 1.54) is 23.5 Å². The number of halogens is 2. The number of nitrogens with zero attached hydrogens (tertiary/aromatic N) is 2. The van der Waals surface area contributed by atoms with Crippen LogP contribution in [0.3, 0.4) is 0 Å². The Balaban J connectivity index is 2.04. The summed E-state index contributed by atoms with van der Waals surface area (Å²) >= 11 is 4.72. The van der Waals surface area contributed by atoms with Gasteiger partial charge in [-0.2, -0.15) is 0 Å². The van der Waals surface area contributed by atoms with Crippen molar-refractivity contribution in [3.8, 4) is 11.5 Å². The fraction of sp³-hybridized carbons (Fsp3) is 0. The van der Waals surface area contributed by atoms with Gasteiger partial charge in [-0.25, -0.2) is 4.39 Å². The summed E-state index contributed by atoms with van der Waals surface area (Å²) in [4.78, 5) is 14.1. The van der Waals surface area contributed by atoms with Crippen LogP contribution in [-0.4, -0.2) is 9.91 Å². The molecular formula is C13H6BrFN2O3S. The number of fused-ring (bicyclic) bond motifs is 1. The van der Waals surface area contributed by atoms with Crippen LogP contribution in [0, 0.1) is 15.9 Å². The number of ether oxygens (including phenoxy) is 1. The summed E-state index contributed by atoms with van der Waals surface area (Å²) in [6.07, 6.45) is 1.56. The van der Waals surface area contributed by atoms with Crippen LogP contribution < -0.4 is 4.74 Å². The van der Waals surface area contributed by atoms with Crippen LogP contribution in [0.5, 0.6) is 11.5 Å². The highest BCUT2D eigenvalue weighted by molar-refractivity contribution is 9.10. The maximum atomic E-state index is 13.9. The van der Waals surface area contributed by atoms with Crippen molar-refractivity contribution in [2.45, 2.75) is 0 Å². The summed E-state index contributed by atoms with van der Waals surface area (Å²) in [6, 6.07) is 5.08. The van der Waals surface area contributed by atoms with Gasteiger partial charge in [0.25, 0.3) is 5.69 Å². The Bertz CT molecular complexity index is 853. The molecule has 21 heavy (non-hydrogen) atoms. The lowest BCUT2D eigenvalue weighted by molar-refractivity contribution is -0.385. The van der Waals surface area contributed by atoms with Gasteiger partial charge in [-0.15, -0.1) is 11.3 Å². The summed E-state index contributed by atoms with van der Waals surface area (Å²) in [6.45, 7) is 0. The zero-order valence-corrected chi connectivity index (χ0v) is 12.6. The molecule has 0 atom stereocenters. The van der Waals surface area contributed by atoms with Crippen molar-refractivity contribution in [1.29, 1.82) is 0 Å². The first-order valence-corrected chi connectivity index (χ1v) is 7.37. The molecule has 5 nitrogen and oxygen atoms in total. The molecule has 2 aromatic heterocycles. The van der Waals surface area contributed by atoms with E-state index in [1.807, 2.05) is 11.4 Å². The smallest absolute Gasteiger partial charge is 0.272 e. The second-order valence-electron chi connectivity index (χ2n) is 4.04. The predicted molar refractivity (Wildman–Crippen MR) is 80.4 cm³/mol. The topological polar surface area (TPSA) is 65.3 Å². The average Bonchev–Trinajstić information content (AvgIpc) is 2.92. The van der Waals surface area contributed by atoms with Gasteiger partial charge in [0.2, 0.25) is 0 Å². The van der Waals surface area contributed by atoms with E-state index < -0.39 is 10.7 Å². The second kappa shape index (κ2) is 5.38. The molecule has 0 saturated heterocycles. The van der Waals surface area contributed by atoms with Crippen LogP contribution in [0.2, 0.25) is 0 Å². The SMILES string of the molecule is O=[N+]([O-])c1ccc(Oc2c(Br)cnc3ccsc23)c(F)c1. The van der Waals surface area contributed by atoms with Crippen molar-refractivity contribution in [2.24, 2.45) is 0 Å². The highest BCUT2D eigenvalue weighted by Gasteiger charge is 2.16. The van der Waals surface area contributed by atoms with Crippen LogP contribution in [0.4, 0.5) is 10.1 Å². The average molecular weight is 369 g/mol. The third kappa shape index (κ3) is 2.59. The molecule has 0 bridgehead atoms. The zero-order chi connectivity index (χ0) is 15.0. The molecule has 3 aromatic rings. The molecule has 0 radical (unpaired) electrons. The van der Waals surface area contributed by atoms with Gasteiger partial charge >= 0.3 is 0 Å². The summed E-state index contributed by atoms with van der Waals surface area (Å²) in [5.74, 6) is -0.442. The molecule has 1 aromatic carbocycles. The molecule has 106 valence electrons. The molecule has 0 amide bonds. The van der Waals surface area contributed by atoms with E-state index in [0.717, 1.165) is 16.3 Å². The Morgan fingerprint density at radius 1 is 1.38 bits per heavy atom. The predicted octanol–water partition coefficient (Wildman–Crippen LogP) is 4.90. The molecule has 0 aliphatic rings. The van der Waals surface area contributed by atoms with E-state index in [4.69, 9.17) is 4.74 Å². The van der Waals surface area contributed by atoms with Gasteiger partial charge < -0.3 is 4.74 Å². The summed E-state index contributed by atoms with van der Waals surface area (Å²) in [7, 11) is 0. The quantitative estimate of drug-likeness (QED) is 0.487. The number of pyridine rings is 1. The number of nitro benzene ring substituents is 1. The van der Waals surface area contributed by atoms with E-state index in [9.17, 15) is 14.5 Å². The summed E-state index contributed by atoms with van der Waals surface area (Å²) in [5, 5.41) is 12.5. The number of rotatable bonds is 3. The maximum absolute atomic E-state index is 13.9. The van der Waals surface area contributed by atoms with E-state index in [-0.39, 0.29) is 11.4 Å². The molecule has 3 rings (SSSR count). The second-order valence-corrected chi connectivity index (χ2v) is 5.81. The van der Waals surface area contributed by atoms with Crippen molar-refractivity contribution < 1.29 is 14.1 Å². The Morgan fingerprint density at radius 3 is 2.90 bits per heavy atom. The molecule has 0 fully saturated rings. The molecule has 0 aliphatic carbocycles. The third-order valence-electron chi connectivity index (χ3n) is 2.72. The number of nitro groups is 1. The van der Waals surface area contributed by atoms with Crippen molar-refractivity contribution in [1.82, 2.24) is 4.98 Å². The monoisotopic (exact) mass is 368 g/mol. The normalized spacial score (nSPS) is 10.8. The zero-order valence-electron chi connectivity index (χ0n) is 10.2. The fourth-order valence-electron chi connectivity index (χ4n) is 1.76. The van der Waals surface area contributed by atoms with Gasteiger partial charge in [0.05, 0.1) is 25.7 Å². The summed E-state index contributed by atoms with van der Waals surface area (Å²) < 4.78 is 20.8. The molecule has 0 unspecified atom stereocenters. The first kappa shape index (κ1) is 13.9. The van der Waals surface area contributed by atoms with Gasteiger partial charge in [-0.3, -0.25) is 15.1 Å². The molecule has 0 saturated carbocycles. The van der Waals surface area contributed by atoms with Gasteiger partial charge in [-0.1, -0.05) is 0 Å². The molecule has 8 heteroatoms. The Labute approximate surface area is 130 Å². The van der Waals surface area contributed by atoms with E-state index in [1.54, 1.807) is 6.20 Å². The standard InChI is InChI=1S/C13H6BrFN2O3S/c14-8-6-16-10-3-4-21-13(10)12(8)20-11-2-1-7(17(18)19)5-9(11)15/h1-6H. The molecular weight excluding hydrogens is 363 g/mol. The van der Waals surface area contributed by atoms with Crippen LogP contribution in [0.1, 0.15) is 0 Å². The number of benzene rings is 1. The minimum Gasteiger partial charge on any atom is -0.451 e.